The second kappa shape index (κ2) is 12.0. The molecule has 2 aliphatic rings. The molecule has 0 spiro atoms. The fraction of sp³-hybridized carbons (Fsp3) is 0.571. The lowest BCUT2D eigenvalue weighted by atomic mass is 9.93. The molecule has 0 amide bonds. The number of aliphatic hydroxyl groups is 1. The molecule has 0 saturated carbocycles. The van der Waals surface area contributed by atoms with Crippen LogP contribution < -0.4 is 10.3 Å². The van der Waals surface area contributed by atoms with E-state index >= 15 is 0 Å². The van der Waals surface area contributed by atoms with Gasteiger partial charge in [-0.3, -0.25) is 4.79 Å². The molecule has 218 valence electrons. The Hall–Kier alpha value is -2.77. The van der Waals surface area contributed by atoms with Crippen molar-refractivity contribution in [3.8, 4) is 17.1 Å². The van der Waals surface area contributed by atoms with Crippen molar-refractivity contribution in [1.82, 2.24) is 18.8 Å². The molecule has 2 saturated heterocycles. The Labute approximate surface area is 234 Å². The lowest BCUT2D eigenvalue weighted by Crippen LogP contribution is -2.41. The van der Waals surface area contributed by atoms with Crippen LogP contribution in [0.4, 0.5) is 0 Å². The predicted molar refractivity (Wildman–Crippen MR) is 150 cm³/mol. The van der Waals surface area contributed by atoms with Gasteiger partial charge in [-0.05, 0) is 49.8 Å². The highest BCUT2D eigenvalue weighted by molar-refractivity contribution is 7.89. The summed E-state index contributed by atoms with van der Waals surface area (Å²) in [7, 11) is -2.07. The van der Waals surface area contributed by atoms with Gasteiger partial charge in [0.2, 0.25) is 10.0 Å². The van der Waals surface area contributed by atoms with Crippen molar-refractivity contribution in [3.05, 3.63) is 39.8 Å². The largest absolute Gasteiger partial charge is 0.493 e. The summed E-state index contributed by atoms with van der Waals surface area (Å²) in [6.45, 7) is 5.85. The van der Waals surface area contributed by atoms with Gasteiger partial charge >= 0.3 is 0 Å². The molecule has 0 bridgehead atoms. The molecule has 0 aliphatic carbocycles. The van der Waals surface area contributed by atoms with Crippen molar-refractivity contribution in [2.75, 3.05) is 33.1 Å². The van der Waals surface area contributed by atoms with E-state index in [0.29, 0.717) is 80.4 Å². The Morgan fingerprint density at radius 2 is 1.98 bits per heavy atom. The number of fused-ring (bicyclic) bond motifs is 1. The van der Waals surface area contributed by atoms with Gasteiger partial charge in [0.05, 0.1) is 41.9 Å². The van der Waals surface area contributed by atoms with Crippen LogP contribution in [0.2, 0.25) is 0 Å². The summed E-state index contributed by atoms with van der Waals surface area (Å²) >= 11 is 0. The number of hydrogen-bond donors (Lipinski definition) is 2. The standard InChI is InChI=1S/C28H38N4O7S/c1-4-6-20-22(15-33)31(3)26-25(20)29-27(30-28(26)34)21-14-19(7-8-23(21)38-13-5-2)40(35,36)32-11-9-18(10-12-32)24-16-37-17-39-24/h7-8,14,18,24,33H,4-6,9-13,15-17H2,1-3H3,(H,29,30,34)/t24-/m0/s1. The zero-order valence-corrected chi connectivity index (χ0v) is 24.1. The number of H-pyrrole nitrogens is 1. The van der Waals surface area contributed by atoms with Gasteiger partial charge < -0.3 is 28.9 Å². The molecular weight excluding hydrogens is 536 g/mol. The first-order valence-corrected chi connectivity index (χ1v) is 15.4. The van der Waals surface area contributed by atoms with Crippen molar-refractivity contribution in [3.63, 3.8) is 0 Å². The molecule has 1 aromatic carbocycles. The number of nitrogens with zero attached hydrogens (tertiary/aromatic N) is 3. The van der Waals surface area contributed by atoms with E-state index in [2.05, 4.69) is 4.98 Å². The number of aromatic nitrogens is 3. The van der Waals surface area contributed by atoms with Crippen LogP contribution in [0.25, 0.3) is 22.4 Å². The van der Waals surface area contributed by atoms with E-state index < -0.39 is 10.0 Å². The fourth-order valence-corrected chi connectivity index (χ4v) is 7.25. The van der Waals surface area contributed by atoms with Gasteiger partial charge in [0.1, 0.15) is 23.9 Å². The molecule has 0 radical (unpaired) electrons. The molecular formula is C28H38N4O7S. The minimum absolute atomic E-state index is 0.0196. The first-order chi connectivity index (χ1) is 19.3. The highest BCUT2D eigenvalue weighted by Crippen LogP contribution is 2.34. The van der Waals surface area contributed by atoms with Crippen LogP contribution in [0, 0.1) is 5.92 Å². The predicted octanol–water partition coefficient (Wildman–Crippen LogP) is 2.94. The third-order valence-corrected chi connectivity index (χ3v) is 9.79. The second-order valence-corrected chi connectivity index (χ2v) is 12.4. The zero-order chi connectivity index (χ0) is 28.4. The summed E-state index contributed by atoms with van der Waals surface area (Å²) in [5, 5.41) is 10.0. The number of ether oxygens (including phenoxy) is 3. The summed E-state index contributed by atoms with van der Waals surface area (Å²) in [6, 6.07) is 4.73. The Morgan fingerprint density at radius 3 is 2.62 bits per heavy atom. The van der Waals surface area contributed by atoms with Gasteiger partial charge in [-0.15, -0.1) is 0 Å². The Kier molecular flexibility index (Phi) is 8.62. The number of nitrogens with one attached hydrogen (secondary N) is 1. The van der Waals surface area contributed by atoms with Gasteiger partial charge in [-0.2, -0.15) is 4.31 Å². The SMILES string of the molecule is CCCOc1ccc(S(=O)(=O)N2CCC([C@@H]3COCO3)CC2)cc1-c1nc2c(CCC)c(CO)n(C)c2c(=O)[nH]1. The molecule has 12 heteroatoms. The molecule has 2 fully saturated rings. The molecule has 2 aliphatic heterocycles. The van der Waals surface area contributed by atoms with E-state index in [-0.39, 0.29) is 34.9 Å². The Morgan fingerprint density at radius 1 is 1.20 bits per heavy atom. The molecule has 0 unspecified atom stereocenters. The van der Waals surface area contributed by atoms with Crippen LogP contribution >= 0.6 is 0 Å². The van der Waals surface area contributed by atoms with Gasteiger partial charge in [-0.1, -0.05) is 20.3 Å². The summed E-state index contributed by atoms with van der Waals surface area (Å²) in [5.41, 5.74) is 2.36. The third kappa shape index (κ3) is 5.30. The van der Waals surface area contributed by atoms with E-state index in [1.165, 1.54) is 4.31 Å². The molecule has 40 heavy (non-hydrogen) atoms. The molecule has 4 heterocycles. The van der Waals surface area contributed by atoms with Crippen molar-refractivity contribution in [2.24, 2.45) is 13.0 Å². The molecule has 2 aromatic heterocycles. The maximum absolute atomic E-state index is 13.7. The van der Waals surface area contributed by atoms with E-state index in [1.807, 2.05) is 13.8 Å². The van der Waals surface area contributed by atoms with Gasteiger partial charge in [0, 0.05) is 31.4 Å². The van der Waals surface area contributed by atoms with Crippen LogP contribution in [-0.4, -0.2) is 71.6 Å². The number of aryl methyl sites for hydroxylation is 2. The maximum Gasteiger partial charge on any atom is 0.275 e. The van der Waals surface area contributed by atoms with Gasteiger partial charge in [0.15, 0.2) is 0 Å². The fourth-order valence-electron chi connectivity index (χ4n) is 5.75. The van der Waals surface area contributed by atoms with Crippen molar-refractivity contribution >= 4 is 21.1 Å². The summed E-state index contributed by atoms with van der Waals surface area (Å²) in [4.78, 5) is 21.1. The average Bonchev–Trinajstić information content (AvgIpc) is 3.59. The van der Waals surface area contributed by atoms with Crippen molar-refractivity contribution < 1.29 is 27.7 Å². The molecule has 2 N–H and O–H groups in total. The summed E-state index contributed by atoms with van der Waals surface area (Å²) < 4.78 is 47.6. The monoisotopic (exact) mass is 574 g/mol. The number of benzene rings is 1. The first kappa shape index (κ1) is 28.7. The highest BCUT2D eigenvalue weighted by atomic mass is 32.2. The molecule has 11 nitrogen and oxygen atoms in total. The molecule has 3 aromatic rings. The number of rotatable bonds is 10. The molecule has 1 atom stereocenters. The Balaban J connectivity index is 1.54. The van der Waals surface area contributed by atoms with Crippen LogP contribution in [0.1, 0.15) is 50.8 Å². The first-order valence-electron chi connectivity index (χ1n) is 14.0. The van der Waals surface area contributed by atoms with E-state index in [4.69, 9.17) is 19.2 Å². The van der Waals surface area contributed by atoms with Crippen LogP contribution in [0.15, 0.2) is 27.9 Å². The lowest BCUT2D eigenvalue weighted by molar-refractivity contribution is 0.0184. The van der Waals surface area contributed by atoms with Crippen LogP contribution in [0.3, 0.4) is 0 Å². The number of piperidine rings is 1. The van der Waals surface area contributed by atoms with Crippen molar-refractivity contribution in [2.45, 2.75) is 63.6 Å². The number of aromatic amines is 1. The third-order valence-electron chi connectivity index (χ3n) is 7.90. The van der Waals surface area contributed by atoms with Gasteiger partial charge in [0.25, 0.3) is 5.56 Å². The Bertz CT molecular complexity index is 1520. The quantitative estimate of drug-likeness (QED) is 0.377. The lowest BCUT2D eigenvalue weighted by Gasteiger charge is -2.33. The van der Waals surface area contributed by atoms with E-state index in [0.717, 1.165) is 18.4 Å². The number of hydrogen-bond acceptors (Lipinski definition) is 8. The number of sulfonamides is 1. The zero-order valence-electron chi connectivity index (χ0n) is 23.3. The van der Waals surface area contributed by atoms with Gasteiger partial charge in [-0.25, -0.2) is 13.4 Å². The summed E-state index contributed by atoms with van der Waals surface area (Å²) in [5.74, 6) is 0.934. The number of aliphatic hydroxyl groups excluding tert-OH is 1. The van der Waals surface area contributed by atoms with Crippen molar-refractivity contribution in [1.29, 1.82) is 0 Å². The summed E-state index contributed by atoms with van der Waals surface area (Å²) in [6.07, 6.45) is 3.63. The van der Waals surface area contributed by atoms with Crippen LogP contribution in [0.5, 0.6) is 5.75 Å². The topological polar surface area (TPSA) is 136 Å². The molecule has 5 rings (SSSR count). The maximum atomic E-state index is 13.7. The van der Waals surface area contributed by atoms with E-state index in [1.54, 1.807) is 29.8 Å². The average molecular weight is 575 g/mol. The minimum atomic E-state index is -3.80. The second-order valence-electron chi connectivity index (χ2n) is 10.4. The van der Waals surface area contributed by atoms with E-state index in [9.17, 15) is 18.3 Å². The smallest absolute Gasteiger partial charge is 0.275 e. The minimum Gasteiger partial charge on any atom is -0.493 e. The highest BCUT2D eigenvalue weighted by Gasteiger charge is 2.35. The van der Waals surface area contributed by atoms with Crippen LogP contribution in [-0.2, 0) is 39.6 Å². The normalized spacial score (nSPS) is 19.1.